The zero-order chi connectivity index (χ0) is 28.6. The van der Waals surface area contributed by atoms with Crippen LogP contribution in [0, 0.1) is 18.8 Å². The van der Waals surface area contributed by atoms with Gasteiger partial charge in [0.05, 0.1) is 12.1 Å². The number of nitrogen functional groups attached to an aromatic ring is 1. The Labute approximate surface area is 266 Å². The minimum atomic E-state index is -0.848. The molecule has 6 rings (SSSR count). The van der Waals surface area contributed by atoms with E-state index in [9.17, 15) is 4.79 Å². The number of nitrogens with zero attached hydrogens (tertiary/aromatic N) is 3. The highest BCUT2D eigenvalue weighted by Gasteiger charge is 2.76. The lowest BCUT2D eigenvalue weighted by Gasteiger charge is -2.47. The number of rotatable bonds is 9. The number of hydrogen-bond acceptors (Lipinski definition) is 6. The molecule has 3 aliphatic rings. The van der Waals surface area contributed by atoms with Crippen LogP contribution in [0.5, 0.6) is 0 Å². The summed E-state index contributed by atoms with van der Waals surface area (Å²) < 4.78 is 0.0842. The van der Waals surface area contributed by atoms with E-state index in [4.69, 9.17) is 11.5 Å². The van der Waals surface area contributed by atoms with E-state index in [1.54, 1.807) is 6.07 Å². The molecular weight excluding hydrogens is 583 g/mol. The summed E-state index contributed by atoms with van der Waals surface area (Å²) >= 11 is 0. The predicted molar refractivity (Wildman–Crippen MR) is 175 cm³/mol. The minimum Gasteiger partial charge on any atom is -0.384 e. The van der Waals surface area contributed by atoms with Crippen LogP contribution >= 0.6 is 24.8 Å². The van der Waals surface area contributed by atoms with Crippen LogP contribution in [-0.2, 0) is 22.7 Å². The maximum atomic E-state index is 15.2. The Bertz CT molecular complexity index is 1460. The van der Waals surface area contributed by atoms with E-state index >= 15 is 4.79 Å². The second-order valence-corrected chi connectivity index (χ2v) is 12.7. The Morgan fingerprint density at radius 1 is 1.02 bits per heavy atom. The molecule has 232 valence electrons. The molecule has 1 aliphatic heterocycles. The number of fused-ring (bicyclic) bond motifs is 2. The molecule has 43 heavy (non-hydrogen) atoms. The molecule has 8 nitrogen and oxygen atoms in total. The number of carbonyl (C=O) groups is 2. The number of nitrogens with one attached hydrogen (secondary N) is 1. The Morgan fingerprint density at radius 3 is 2.53 bits per heavy atom. The fourth-order valence-corrected chi connectivity index (χ4v) is 8.04. The number of halogens is 2. The molecule has 2 amide bonds. The van der Waals surface area contributed by atoms with Gasteiger partial charge in [-0.3, -0.25) is 15.1 Å². The van der Waals surface area contributed by atoms with Crippen molar-refractivity contribution in [2.75, 3.05) is 12.3 Å². The van der Waals surface area contributed by atoms with Crippen LogP contribution in [0.3, 0.4) is 0 Å². The summed E-state index contributed by atoms with van der Waals surface area (Å²) in [4.78, 5) is 37.5. The molecule has 3 fully saturated rings. The molecule has 1 aromatic carbocycles. The number of para-hydroxylation sites is 1. The quantitative estimate of drug-likeness (QED) is 0.274. The highest BCUT2D eigenvalue weighted by molar-refractivity contribution is 5.91. The second-order valence-electron chi connectivity index (χ2n) is 12.7. The van der Waals surface area contributed by atoms with Gasteiger partial charge in [-0.15, -0.1) is 24.8 Å². The van der Waals surface area contributed by atoms with E-state index < -0.39 is 5.54 Å². The van der Waals surface area contributed by atoms with Gasteiger partial charge in [-0.2, -0.15) is 0 Å². The standard InChI is InChI=1S/C33H42N6O2.2ClH/c1-22-25(13-14-30(34)38-22)21-39(17-7-10-26-19-33(26,39)32(35)41)31(40)29(18-23-8-3-2-4-9-23)37-20-24-15-16-36-28-12-6-5-11-27(24)28;;/h5-6,11-16,23,26,29,37H,2-4,7-10,17-21H2,1H3,(H3-,34,35,38,41);2*1H/p+1/t26-,29-,33+,39?;;/m1../s1. The average Bonchev–Trinajstić information content (AvgIpc) is 3.74. The number of amides is 2. The average molecular weight is 629 g/mol. The highest BCUT2D eigenvalue weighted by atomic mass is 35.5. The van der Waals surface area contributed by atoms with Crippen molar-refractivity contribution < 1.29 is 14.1 Å². The molecule has 3 aromatic rings. The molecule has 3 heterocycles. The van der Waals surface area contributed by atoms with Gasteiger partial charge in [0.25, 0.3) is 5.91 Å². The first-order chi connectivity index (χ1) is 19.8. The summed E-state index contributed by atoms with van der Waals surface area (Å²) in [5, 5.41) is 4.81. The molecule has 1 unspecified atom stereocenters. The van der Waals surface area contributed by atoms with E-state index in [0.717, 1.165) is 59.8 Å². The van der Waals surface area contributed by atoms with E-state index in [0.29, 0.717) is 37.8 Å². The van der Waals surface area contributed by atoms with Gasteiger partial charge in [0.15, 0.2) is 5.54 Å². The molecule has 1 saturated heterocycles. The van der Waals surface area contributed by atoms with Gasteiger partial charge in [0, 0.05) is 41.7 Å². The smallest absolute Gasteiger partial charge is 0.331 e. The molecular formula is C33H45Cl2N6O2+. The normalized spacial score (nSPS) is 25.6. The summed E-state index contributed by atoms with van der Waals surface area (Å²) in [5.41, 5.74) is 15.2. The summed E-state index contributed by atoms with van der Waals surface area (Å²) in [7, 11) is 0. The summed E-state index contributed by atoms with van der Waals surface area (Å²) in [6.07, 6.45) is 11.1. The molecule has 4 atom stereocenters. The maximum absolute atomic E-state index is 15.2. The topological polar surface area (TPSA) is 124 Å². The highest BCUT2D eigenvalue weighted by Crippen LogP contribution is 2.59. The van der Waals surface area contributed by atoms with Crippen molar-refractivity contribution in [3.05, 3.63) is 65.5 Å². The minimum absolute atomic E-state index is 0. The molecule has 0 radical (unpaired) electrons. The van der Waals surface area contributed by atoms with Gasteiger partial charge in [-0.05, 0) is 61.9 Å². The van der Waals surface area contributed by atoms with Crippen LogP contribution in [0.2, 0.25) is 0 Å². The fraction of sp³-hybridized carbons (Fsp3) is 0.515. The number of nitrogens with two attached hydrogens (primary N) is 2. The maximum Gasteiger partial charge on any atom is 0.331 e. The third-order valence-electron chi connectivity index (χ3n) is 10.3. The first-order valence-electron chi connectivity index (χ1n) is 15.3. The van der Waals surface area contributed by atoms with Gasteiger partial charge < -0.3 is 11.5 Å². The number of quaternary nitrogens is 1. The number of carbonyl (C=O) groups excluding carboxylic acids is 2. The molecule has 2 aliphatic carbocycles. The van der Waals surface area contributed by atoms with Crippen molar-refractivity contribution in [1.29, 1.82) is 0 Å². The van der Waals surface area contributed by atoms with Crippen LogP contribution in [0.25, 0.3) is 10.9 Å². The number of aryl methyl sites for hydroxylation is 1. The van der Waals surface area contributed by atoms with Crippen molar-refractivity contribution in [2.45, 2.75) is 89.4 Å². The van der Waals surface area contributed by atoms with Gasteiger partial charge in [-0.25, -0.2) is 14.3 Å². The van der Waals surface area contributed by atoms with Crippen LogP contribution in [0.4, 0.5) is 5.82 Å². The van der Waals surface area contributed by atoms with Gasteiger partial charge in [-0.1, -0.05) is 50.3 Å². The van der Waals surface area contributed by atoms with E-state index in [1.165, 1.54) is 19.3 Å². The molecule has 0 spiro atoms. The van der Waals surface area contributed by atoms with E-state index in [-0.39, 0.29) is 53.1 Å². The SMILES string of the molecule is Cc1nc(N)ccc1C[N+]1(C(=O)[C@@H](CC2CCCCC2)NCc2ccnc3ccccc23)CCC[C@@H]2C[C@@]21C(N)=O.Cl.Cl. The van der Waals surface area contributed by atoms with Crippen molar-refractivity contribution in [2.24, 2.45) is 17.6 Å². The summed E-state index contributed by atoms with van der Waals surface area (Å²) in [6, 6.07) is 13.5. The number of aromatic nitrogens is 2. The van der Waals surface area contributed by atoms with E-state index in [2.05, 4.69) is 21.4 Å². The Balaban J connectivity index is 0.00000212. The van der Waals surface area contributed by atoms with Crippen molar-refractivity contribution in [3.8, 4) is 0 Å². The fourth-order valence-electron chi connectivity index (χ4n) is 8.04. The van der Waals surface area contributed by atoms with Crippen LogP contribution in [0.1, 0.15) is 74.6 Å². The largest absolute Gasteiger partial charge is 0.384 e. The molecule has 5 N–H and O–H groups in total. The Kier molecular flexibility index (Phi) is 10.4. The molecule has 0 bridgehead atoms. The number of primary amides is 1. The number of piperidine rings is 1. The predicted octanol–water partition coefficient (Wildman–Crippen LogP) is 5.37. The monoisotopic (exact) mass is 627 g/mol. The zero-order valence-electron chi connectivity index (χ0n) is 25.0. The Hall–Kier alpha value is -2.78. The molecule has 2 saturated carbocycles. The third kappa shape index (κ3) is 6.12. The second kappa shape index (κ2) is 13.5. The summed E-state index contributed by atoms with van der Waals surface area (Å²) in [6.45, 7) is 3.52. The van der Waals surface area contributed by atoms with Crippen molar-refractivity contribution >= 4 is 53.3 Å². The molecule has 2 aromatic heterocycles. The Morgan fingerprint density at radius 2 is 1.79 bits per heavy atom. The lowest BCUT2D eigenvalue weighted by Crippen LogP contribution is -2.71. The van der Waals surface area contributed by atoms with E-state index in [1.807, 2.05) is 43.5 Å². The number of anilines is 1. The van der Waals surface area contributed by atoms with Crippen molar-refractivity contribution in [3.63, 3.8) is 0 Å². The van der Waals surface area contributed by atoms with Crippen molar-refractivity contribution in [1.82, 2.24) is 15.3 Å². The van der Waals surface area contributed by atoms with Crippen LogP contribution < -0.4 is 16.8 Å². The number of pyridine rings is 2. The summed E-state index contributed by atoms with van der Waals surface area (Å²) in [5.74, 6) is 0.861. The van der Waals surface area contributed by atoms with Gasteiger partial charge >= 0.3 is 5.91 Å². The van der Waals surface area contributed by atoms with Crippen LogP contribution in [-0.4, -0.2) is 44.4 Å². The van der Waals surface area contributed by atoms with Gasteiger partial charge in [0.2, 0.25) is 0 Å². The first kappa shape index (κ1) is 33.1. The molecule has 10 heteroatoms. The number of hydrogen-bond donors (Lipinski definition) is 3. The number of benzene rings is 1. The lowest BCUT2D eigenvalue weighted by molar-refractivity contribution is -0.900. The van der Waals surface area contributed by atoms with Crippen LogP contribution in [0.15, 0.2) is 48.7 Å². The third-order valence-corrected chi connectivity index (χ3v) is 10.3. The number of likely N-dealkylation sites (tertiary alicyclic amines) is 1. The van der Waals surface area contributed by atoms with Gasteiger partial charge in [0.1, 0.15) is 18.4 Å². The lowest BCUT2D eigenvalue weighted by atomic mass is 9.83. The zero-order valence-corrected chi connectivity index (χ0v) is 26.6. The first-order valence-corrected chi connectivity index (χ1v) is 15.3.